The lowest BCUT2D eigenvalue weighted by Crippen LogP contribution is -2.41. The lowest BCUT2D eigenvalue weighted by atomic mass is 9.94. The summed E-state index contributed by atoms with van der Waals surface area (Å²) < 4.78 is 0. The normalized spacial score (nSPS) is 14.6. The van der Waals surface area contributed by atoms with Crippen molar-refractivity contribution in [3.05, 3.63) is 63.4 Å². The van der Waals surface area contributed by atoms with E-state index in [1.54, 1.807) is 24.3 Å². The van der Waals surface area contributed by atoms with Crippen molar-refractivity contribution in [1.82, 2.24) is 14.9 Å². The van der Waals surface area contributed by atoms with Gasteiger partial charge in [0.25, 0.3) is 5.91 Å². The number of H-pyrrole nitrogens is 1. The van der Waals surface area contributed by atoms with Gasteiger partial charge in [-0.05, 0) is 50.1 Å². The van der Waals surface area contributed by atoms with E-state index in [-0.39, 0.29) is 11.9 Å². The van der Waals surface area contributed by atoms with Gasteiger partial charge in [0, 0.05) is 33.8 Å². The van der Waals surface area contributed by atoms with Crippen LogP contribution in [0.2, 0.25) is 15.1 Å². The molecule has 0 aliphatic heterocycles. The van der Waals surface area contributed by atoms with Crippen LogP contribution in [0.1, 0.15) is 49.6 Å². The van der Waals surface area contributed by atoms with Crippen LogP contribution in [0, 0.1) is 0 Å². The zero-order valence-electron chi connectivity index (χ0n) is 17.3. The van der Waals surface area contributed by atoms with Crippen LogP contribution in [0.4, 0.5) is 0 Å². The van der Waals surface area contributed by atoms with Gasteiger partial charge in [-0.3, -0.25) is 4.79 Å². The maximum atomic E-state index is 13.5. The molecule has 4 nitrogen and oxygen atoms in total. The van der Waals surface area contributed by atoms with Crippen LogP contribution in [-0.4, -0.2) is 33.4 Å². The Bertz CT molecular complexity index is 1070. The minimum Gasteiger partial charge on any atom is -0.333 e. The van der Waals surface area contributed by atoms with Crippen molar-refractivity contribution >= 4 is 40.7 Å². The van der Waals surface area contributed by atoms with Crippen LogP contribution in [-0.2, 0) is 0 Å². The van der Waals surface area contributed by atoms with Crippen molar-refractivity contribution in [2.75, 3.05) is 6.54 Å². The van der Waals surface area contributed by atoms with Crippen molar-refractivity contribution in [3.8, 4) is 22.5 Å². The number of rotatable bonds is 5. The number of carbonyl (C=O) groups is 1. The molecule has 0 bridgehead atoms. The maximum absolute atomic E-state index is 13.5. The topological polar surface area (TPSA) is 49.0 Å². The standard InChI is InChI=1S/C24H24Cl3N3O/c1-2-30(18-6-4-3-5-7-18)24(31)23-28-21(15-8-10-16(25)11-9-15)22(29-23)19-13-12-17(26)14-20(19)27/h8-14,18H,2-7H2,1H3,(H,28,29). The van der Waals surface area contributed by atoms with Gasteiger partial charge in [-0.15, -0.1) is 0 Å². The SMILES string of the molecule is CCN(C(=O)c1nc(-c2ccc(Cl)cc2)c(-c2ccc(Cl)cc2Cl)[nH]1)C1CCCCC1. The van der Waals surface area contributed by atoms with E-state index in [2.05, 4.69) is 4.98 Å². The minimum absolute atomic E-state index is 0.0825. The summed E-state index contributed by atoms with van der Waals surface area (Å²) in [6.45, 7) is 2.67. The average Bonchev–Trinajstić information content (AvgIpc) is 3.20. The number of imidazole rings is 1. The second-order valence-electron chi connectivity index (χ2n) is 7.82. The predicted octanol–water partition coefficient (Wildman–Crippen LogP) is 7.50. The molecule has 4 rings (SSSR count). The van der Waals surface area contributed by atoms with E-state index in [1.807, 2.05) is 30.0 Å². The molecule has 7 heteroatoms. The third kappa shape index (κ3) is 4.77. The molecule has 1 aliphatic carbocycles. The molecule has 3 aromatic rings. The first-order chi connectivity index (χ1) is 15.0. The summed E-state index contributed by atoms with van der Waals surface area (Å²) in [5.41, 5.74) is 2.93. The third-order valence-corrected chi connectivity index (χ3v) is 6.64. The lowest BCUT2D eigenvalue weighted by molar-refractivity contribution is 0.0636. The Balaban J connectivity index is 1.78. The number of aromatic nitrogens is 2. The number of carbonyl (C=O) groups excluding carboxylic acids is 1. The van der Waals surface area contributed by atoms with Gasteiger partial charge in [0.05, 0.1) is 16.4 Å². The van der Waals surface area contributed by atoms with Crippen LogP contribution >= 0.6 is 34.8 Å². The van der Waals surface area contributed by atoms with E-state index >= 15 is 0 Å². The Kier molecular flexibility index (Phi) is 6.90. The van der Waals surface area contributed by atoms with E-state index in [0.717, 1.165) is 36.8 Å². The fraction of sp³-hybridized carbons (Fsp3) is 0.333. The van der Waals surface area contributed by atoms with E-state index in [9.17, 15) is 4.79 Å². The first-order valence-electron chi connectivity index (χ1n) is 10.6. The number of amides is 1. The highest BCUT2D eigenvalue weighted by Crippen LogP contribution is 2.36. The van der Waals surface area contributed by atoms with Crippen LogP contribution in [0.5, 0.6) is 0 Å². The zero-order chi connectivity index (χ0) is 22.0. The van der Waals surface area contributed by atoms with Crippen molar-refractivity contribution in [1.29, 1.82) is 0 Å². The van der Waals surface area contributed by atoms with Gasteiger partial charge < -0.3 is 9.88 Å². The summed E-state index contributed by atoms with van der Waals surface area (Å²) in [6.07, 6.45) is 5.64. The number of hydrogen-bond donors (Lipinski definition) is 1. The van der Waals surface area contributed by atoms with E-state index in [0.29, 0.717) is 38.8 Å². The molecule has 162 valence electrons. The molecule has 0 radical (unpaired) electrons. The van der Waals surface area contributed by atoms with Gasteiger partial charge in [-0.1, -0.05) is 66.2 Å². The number of hydrogen-bond acceptors (Lipinski definition) is 2. The molecule has 1 aliphatic rings. The summed E-state index contributed by atoms with van der Waals surface area (Å²) in [6, 6.07) is 12.9. The summed E-state index contributed by atoms with van der Waals surface area (Å²) in [5, 5.41) is 1.67. The third-order valence-electron chi connectivity index (χ3n) is 5.84. The average molecular weight is 477 g/mol. The fourth-order valence-corrected chi connectivity index (χ4v) is 4.90. The molecule has 1 fully saturated rings. The Morgan fingerprint density at radius 3 is 2.35 bits per heavy atom. The van der Waals surface area contributed by atoms with Crippen LogP contribution in [0.25, 0.3) is 22.5 Å². The van der Waals surface area contributed by atoms with Gasteiger partial charge in [0.1, 0.15) is 0 Å². The zero-order valence-corrected chi connectivity index (χ0v) is 19.6. The number of benzene rings is 2. The first kappa shape index (κ1) is 22.2. The molecule has 1 saturated carbocycles. The number of nitrogens with zero attached hydrogens (tertiary/aromatic N) is 2. The van der Waals surface area contributed by atoms with Crippen LogP contribution < -0.4 is 0 Å². The molecule has 2 aromatic carbocycles. The predicted molar refractivity (Wildman–Crippen MR) is 128 cm³/mol. The molecule has 0 saturated heterocycles. The van der Waals surface area contributed by atoms with E-state index < -0.39 is 0 Å². The highest BCUT2D eigenvalue weighted by molar-refractivity contribution is 6.36. The van der Waals surface area contributed by atoms with Gasteiger partial charge in [-0.2, -0.15) is 0 Å². The monoisotopic (exact) mass is 475 g/mol. The second kappa shape index (κ2) is 9.64. The quantitative estimate of drug-likeness (QED) is 0.414. The molecular formula is C24H24Cl3N3O. The molecule has 31 heavy (non-hydrogen) atoms. The fourth-order valence-electron chi connectivity index (χ4n) is 4.27. The van der Waals surface area contributed by atoms with Gasteiger partial charge in [-0.25, -0.2) is 4.98 Å². The second-order valence-corrected chi connectivity index (χ2v) is 9.10. The Labute approximate surface area is 197 Å². The summed E-state index contributed by atoms with van der Waals surface area (Å²) >= 11 is 18.7. The Morgan fingerprint density at radius 2 is 1.71 bits per heavy atom. The van der Waals surface area contributed by atoms with E-state index in [4.69, 9.17) is 39.8 Å². The number of halogens is 3. The molecular weight excluding hydrogens is 453 g/mol. The summed E-state index contributed by atoms with van der Waals surface area (Å²) in [5.74, 6) is 0.235. The molecule has 0 spiro atoms. The van der Waals surface area contributed by atoms with Gasteiger partial charge >= 0.3 is 0 Å². The molecule has 1 N–H and O–H groups in total. The molecule has 0 unspecified atom stereocenters. The maximum Gasteiger partial charge on any atom is 0.289 e. The highest BCUT2D eigenvalue weighted by atomic mass is 35.5. The molecule has 1 heterocycles. The summed E-state index contributed by atoms with van der Waals surface area (Å²) in [4.78, 5) is 23.4. The lowest BCUT2D eigenvalue weighted by Gasteiger charge is -2.33. The highest BCUT2D eigenvalue weighted by Gasteiger charge is 2.28. The largest absolute Gasteiger partial charge is 0.333 e. The van der Waals surface area contributed by atoms with Gasteiger partial charge in [0.15, 0.2) is 5.82 Å². The summed E-state index contributed by atoms with van der Waals surface area (Å²) in [7, 11) is 0. The van der Waals surface area contributed by atoms with Crippen molar-refractivity contribution in [2.45, 2.75) is 45.1 Å². The first-order valence-corrected chi connectivity index (χ1v) is 11.7. The molecule has 1 amide bonds. The minimum atomic E-state index is -0.0825. The van der Waals surface area contributed by atoms with Crippen LogP contribution in [0.3, 0.4) is 0 Å². The number of nitrogens with one attached hydrogen (secondary N) is 1. The van der Waals surface area contributed by atoms with E-state index in [1.165, 1.54) is 6.42 Å². The smallest absolute Gasteiger partial charge is 0.289 e. The van der Waals surface area contributed by atoms with Gasteiger partial charge in [0.2, 0.25) is 0 Å². The van der Waals surface area contributed by atoms with Crippen LogP contribution in [0.15, 0.2) is 42.5 Å². The molecule has 0 atom stereocenters. The van der Waals surface area contributed by atoms with Crippen molar-refractivity contribution in [2.24, 2.45) is 0 Å². The Morgan fingerprint density at radius 1 is 1.03 bits per heavy atom. The van der Waals surface area contributed by atoms with Crippen molar-refractivity contribution < 1.29 is 4.79 Å². The number of aromatic amines is 1. The Hall–Kier alpha value is -2.01. The van der Waals surface area contributed by atoms with Crippen molar-refractivity contribution in [3.63, 3.8) is 0 Å². The molecule has 1 aromatic heterocycles.